The van der Waals surface area contributed by atoms with E-state index >= 15 is 0 Å². The third-order valence-electron chi connectivity index (χ3n) is 4.69. The Kier molecular flexibility index (Phi) is 5.35. The average molecular weight is 437 g/mol. The van der Waals surface area contributed by atoms with Crippen LogP contribution >= 0.6 is 0 Å². The van der Waals surface area contributed by atoms with E-state index in [0.29, 0.717) is 16.8 Å². The van der Waals surface area contributed by atoms with Crippen LogP contribution in [-0.2, 0) is 10.0 Å². The van der Waals surface area contributed by atoms with Gasteiger partial charge in [-0.15, -0.1) is 0 Å². The molecule has 8 nitrogen and oxygen atoms in total. The van der Waals surface area contributed by atoms with Gasteiger partial charge in [-0.2, -0.15) is 0 Å². The van der Waals surface area contributed by atoms with Gasteiger partial charge in [-0.25, -0.2) is 8.42 Å². The highest BCUT2D eigenvalue weighted by Gasteiger charge is 2.17. The van der Waals surface area contributed by atoms with E-state index in [0.717, 1.165) is 5.39 Å². The summed E-state index contributed by atoms with van der Waals surface area (Å²) in [5.41, 5.74) is 0.780. The minimum absolute atomic E-state index is 0.0391. The van der Waals surface area contributed by atoms with Gasteiger partial charge >= 0.3 is 0 Å². The first kappa shape index (κ1) is 20.4. The first-order chi connectivity index (χ1) is 14.8. The number of carbonyl (C=O) groups is 1. The molecular weight excluding hydrogens is 418 g/mol. The van der Waals surface area contributed by atoms with E-state index in [9.17, 15) is 18.3 Å². The molecule has 0 unspecified atom stereocenters. The van der Waals surface area contributed by atoms with Gasteiger partial charge in [0.15, 0.2) is 11.6 Å². The molecule has 9 heteroatoms. The molecule has 0 aliphatic heterocycles. The molecule has 3 N–H and O–H groups in total. The van der Waals surface area contributed by atoms with Crippen molar-refractivity contribution in [3.63, 3.8) is 0 Å². The second-order valence-corrected chi connectivity index (χ2v) is 8.59. The highest BCUT2D eigenvalue weighted by Crippen LogP contribution is 2.29. The molecule has 1 aromatic heterocycles. The van der Waals surface area contributed by atoms with Crippen molar-refractivity contribution in [2.24, 2.45) is 0 Å². The topological polar surface area (TPSA) is 122 Å². The van der Waals surface area contributed by atoms with Crippen molar-refractivity contribution < 1.29 is 22.8 Å². The number of phenolic OH excluding ortho intramolecular Hbond substituents is 1. The number of nitrogens with one attached hydrogen (secondary N) is 2. The number of aromatic hydroxyl groups is 1. The van der Waals surface area contributed by atoms with Gasteiger partial charge < -0.3 is 14.9 Å². The summed E-state index contributed by atoms with van der Waals surface area (Å²) < 4.78 is 32.0. The third kappa shape index (κ3) is 4.36. The predicted octanol–water partition coefficient (Wildman–Crippen LogP) is 3.94. The minimum atomic E-state index is -3.82. The number of aryl methyl sites for hydroxylation is 1. The second kappa shape index (κ2) is 8.11. The van der Waals surface area contributed by atoms with Crippen molar-refractivity contribution >= 4 is 38.1 Å². The lowest BCUT2D eigenvalue weighted by Crippen LogP contribution is -2.15. The average Bonchev–Trinajstić information content (AvgIpc) is 3.16. The summed E-state index contributed by atoms with van der Waals surface area (Å²) in [7, 11) is -3.82. The smallest absolute Gasteiger partial charge is 0.263 e. The van der Waals surface area contributed by atoms with Crippen molar-refractivity contribution in [3.05, 3.63) is 78.1 Å². The number of phenols is 1. The molecule has 0 amide bonds. The molecule has 0 aliphatic rings. The van der Waals surface area contributed by atoms with E-state index in [1.165, 1.54) is 18.2 Å². The number of benzene rings is 3. The minimum Gasteiger partial charge on any atom is -0.507 e. The highest BCUT2D eigenvalue weighted by molar-refractivity contribution is 7.92. The molecule has 0 fully saturated rings. The van der Waals surface area contributed by atoms with E-state index < -0.39 is 10.0 Å². The standard InChI is InChI=1S/C22H19N3O5S/c1-14-12-21(24-30-14)25-31(28,29)17-9-7-16(8-10-17)23-13-20(26)19-11-6-15-4-2-3-5-18(15)22(19)27/h2-12,23,27H,13H2,1H3,(H,24,25). The van der Waals surface area contributed by atoms with Crippen LogP contribution in [0.1, 0.15) is 16.1 Å². The predicted molar refractivity (Wildman–Crippen MR) is 117 cm³/mol. The van der Waals surface area contributed by atoms with Gasteiger partial charge in [-0.05, 0) is 42.6 Å². The Morgan fingerprint density at radius 3 is 2.52 bits per heavy atom. The molecule has 3 aromatic carbocycles. The maximum atomic E-state index is 12.6. The van der Waals surface area contributed by atoms with Crippen LogP contribution in [0, 0.1) is 6.92 Å². The van der Waals surface area contributed by atoms with Crippen molar-refractivity contribution in [3.8, 4) is 5.75 Å². The summed E-state index contributed by atoms with van der Waals surface area (Å²) in [5, 5.41) is 18.4. The summed E-state index contributed by atoms with van der Waals surface area (Å²) in [6, 6.07) is 18.0. The molecule has 0 saturated carbocycles. The Hall–Kier alpha value is -3.85. The second-order valence-electron chi connectivity index (χ2n) is 6.91. The lowest BCUT2D eigenvalue weighted by molar-refractivity contribution is 0.100. The zero-order chi connectivity index (χ0) is 22.0. The maximum absolute atomic E-state index is 12.6. The van der Waals surface area contributed by atoms with Crippen LogP contribution in [-0.4, -0.2) is 31.0 Å². The number of aromatic nitrogens is 1. The van der Waals surface area contributed by atoms with Gasteiger partial charge in [-0.1, -0.05) is 35.5 Å². The summed E-state index contributed by atoms with van der Waals surface area (Å²) in [6.07, 6.45) is 0. The first-order valence-electron chi connectivity index (χ1n) is 9.37. The number of ketones is 1. The number of carbonyl (C=O) groups excluding carboxylic acids is 1. The van der Waals surface area contributed by atoms with Crippen molar-refractivity contribution in [1.82, 2.24) is 5.16 Å². The number of rotatable bonds is 7. The highest BCUT2D eigenvalue weighted by atomic mass is 32.2. The van der Waals surface area contributed by atoms with Crippen molar-refractivity contribution in [2.75, 3.05) is 16.6 Å². The molecule has 31 heavy (non-hydrogen) atoms. The zero-order valence-corrected chi connectivity index (χ0v) is 17.3. The Bertz CT molecular complexity index is 1360. The Morgan fingerprint density at radius 2 is 1.81 bits per heavy atom. The maximum Gasteiger partial charge on any atom is 0.263 e. The molecule has 0 radical (unpaired) electrons. The molecule has 0 aliphatic carbocycles. The van der Waals surface area contributed by atoms with E-state index in [1.807, 2.05) is 12.1 Å². The fourth-order valence-corrected chi connectivity index (χ4v) is 4.10. The van der Waals surface area contributed by atoms with E-state index in [1.54, 1.807) is 43.3 Å². The van der Waals surface area contributed by atoms with Crippen LogP contribution in [0.3, 0.4) is 0 Å². The molecule has 4 aromatic rings. The van der Waals surface area contributed by atoms with Crippen molar-refractivity contribution in [2.45, 2.75) is 11.8 Å². The lowest BCUT2D eigenvalue weighted by Gasteiger charge is -2.10. The largest absolute Gasteiger partial charge is 0.507 e. The molecule has 0 saturated heterocycles. The number of fused-ring (bicyclic) bond motifs is 1. The van der Waals surface area contributed by atoms with Gasteiger partial charge in [0.1, 0.15) is 11.5 Å². The number of anilines is 2. The number of hydrogen-bond donors (Lipinski definition) is 3. The van der Waals surface area contributed by atoms with E-state index in [-0.39, 0.29) is 34.4 Å². The van der Waals surface area contributed by atoms with E-state index in [4.69, 9.17) is 4.52 Å². The van der Waals surface area contributed by atoms with Gasteiger partial charge in [0, 0.05) is 17.1 Å². The lowest BCUT2D eigenvalue weighted by atomic mass is 10.0. The number of Topliss-reactive ketones (excluding diaryl/α,β-unsaturated/α-hetero) is 1. The molecule has 0 atom stereocenters. The van der Waals surface area contributed by atoms with Crippen LogP contribution in [0.2, 0.25) is 0 Å². The van der Waals surface area contributed by atoms with E-state index in [2.05, 4.69) is 15.2 Å². The van der Waals surface area contributed by atoms with Gasteiger partial charge in [-0.3, -0.25) is 9.52 Å². The van der Waals surface area contributed by atoms with Crippen molar-refractivity contribution in [1.29, 1.82) is 0 Å². The number of nitrogens with zero attached hydrogens (tertiary/aromatic N) is 1. The monoisotopic (exact) mass is 437 g/mol. The number of sulfonamides is 1. The van der Waals surface area contributed by atoms with Gasteiger partial charge in [0.2, 0.25) is 0 Å². The summed E-state index contributed by atoms with van der Waals surface area (Å²) in [6.45, 7) is 1.60. The number of hydrogen-bond acceptors (Lipinski definition) is 7. The van der Waals surface area contributed by atoms with Crippen LogP contribution in [0.15, 0.2) is 76.1 Å². The summed E-state index contributed by atoms with van der Waals surface area (Å²) in [5.74, 6) is 0.239. The summed E-state index contributed by atoms with van der Waals surface area (Å²) in [4.78, 5) is 12.6. The summed E-state index contributed by atoms with van der Waals surface area (Å²) >= 11 is 0. The molecule has 1 heterocycles. The van der Waals surface area contributed by atoms with Crippen LogP contribution in [0.25, 0.3) is 10.8 Å². The molecule has 158 valence electrons. The third-order valence-corrected chi connectivity index (χ3v) is 6.06. The molecular formula is C22H19N3O5S. The normalized spacial score (nSPS) is 11.4. The molecule has 4 rings (SSSR count). The van der Waals surface area contributed by atoms with Gasteiger partial charge in [0.25, 0.3) is 10.0 Å². The van der Waals surface area contributed by atoms with Crippen LogP contribution in [0.4, 0.5) is 11.5 Å². The molecule has 0 bridgehead atoms. The van der Waals surface area contributed by atoms with Gasteiger partial charge in [0.05, 0.1) is 17.0 Å². The fraction of sp³-hybridized carbons (Fsp3) is 0.0909. The van der Waals surface area contributed by atoms with Crippen LogP contribution < -0.4 is 10.0 Å². The SMILES string of the molecule is Cc1cc(NS(=O)(=O)c2ccc(NCC(=O)c3ccc4ccccc4c3O)cc2)no1. The quantitative estimate of drug-likeness (QED) is 0.374. The molecule has 0 spiro atoms. The Labute approximate surface area is 178 Å². The fourth-order valence-electron chi connectivity index (χ4n) is 3.12. The first-order valence-corrected chi connectivity index (χ1v) is 10.9. The Balaban J connectivity index is 1.44. The van der Waals surface area contributed by atoms with Crippen LogP contribution in [0.5, 0.6) is 5.75 Å². The zero-order valence-electron chi connectivity index (χ0n) is 16.5. The Morgan fingerprint density at radius 1 is 1.06 bits per heavy atom.